The van der Waals surface area contributed by atoms with E-state index in [9.17, 15) is 14.4 Å². The van der Waals surface area contributed by atoms with Gasteiger partial charge in [-0.15, -0.1) is 0 Å². The molecular formula is C23H27N3O5. The highest BCUT2D eigenvalue weighted by Gasteiger charge is 2.45. The molecule has 0 aromatic heterocycles. The third-order valence-electron chi connectivity index (χ3n) is 5.52. The van der Waals surface area contributed by atoms with Crippen LogP contribution < -0.4 is 15.5 Å². The molecule has 1 fully saturated rings. The van der Waals surface area contributed by atoms with Crippen molar-refractivity contribution < 1.29 is 24.3 Å². The van der Waals surface area contributed by atoms with Crippen molar-refractivity contribution in [3.05, 3.63) is 60.2 Å². The van der Waals surface area contributed by atoms with E-state index in [1.165, 1.54) is 0 Å². The van der Waals surface area contributed by atoms with Gasteiger partial charge in [-0.1, -0.05) is 50.6 Å². The minimum atomic E-state index is -1.05. The molecule has 2 aromatic rings. The van der Waals surface area contributed by atoms with Crippen LogP contribution in [0.25, 0.3) is 0 Å². The lowest BCUT2D eigenvalue weighted by molar-refractivity contribution is -0.142. The van der Waals surface area contributed by atoms with Crippen LogP contribution in [0.15, 0.2) is 54.6 Å². The number of hydrogen-bond acceptors (Lipinski definition) is 5. The molecule has 3 rings (SSSR count). The molecule has 3 atom stereocenters. The fourth-order valence-corrected chi connectivity index (χ4v) is 3.59. The van der Waals surface area contributed by atoms with Gasteiger partial charge in [0.2, 0.25) is 0 Å². The largest absolute Gasteiger partial charge is 0.457 e. The van der Waals surface area contributed by atoms with Crippen molar-refractivity contribution in [2.75, 3.05) is 0 Å². The van der Waals surface area contributed by atoms with E-state index in [0.717, 1.165) is 16.2 Å². The second kappa shape index (κ2) is 10.1. The Hall–Kier alpha value is -3.39. The molecule has 3 unspecified atom stereocenters. The van der Waals surface area contributed by atoms with Crippen molar-refractivity contribution in [1.29, 1.82) is 0 Å². The Labute approximate surface area is 181 Å². The van der Waals surface area contributed by atoms with Gasteiger partial charge < -0.3 is 10.1 Å². The number of urea groups is 1. The number of hydrogen-bond donors (Lipinski definition) is 3. The Bertz CT molecular complexity index is 917. The molecule has 1 saturated heterocycles. The predicted octanol–water partition coefficient (Wildman–Crippen LogP) is 3.25. The average molecular weight is 425 g/mol. The van der Waals surface area contributed by atoms with E-state index >= 15 is 0 Å². The Balaban J connectivity index is 1.61. The second-order valence-corrected chi connectivity index (χ2v) is 7.61. The molecule has 0 spiro atoms. The molecule has 8 nitrogen and oxygen atoms in total. The molecule has 3 N–H and O–H groups in total. The van der Waals surface area contributed by atoms with Gasteiger partial charge in [0, 0.05) is 0 Å². The lowest BCUT2D eigenvalue weighted by Gasteiger charge is -2.28. The zero-order chi connectivity index (χ0) is 22.4. The molecule has 1 aliphatic rings. The quantitative estimate of drug-likeness (QED) is 0.325. The molecular weight excluding hydrogens is 398 g/mol. The number of nitrogens with one attached hydrogen (secondary N) is 2. The Morgan fingerprint density at radius 3 is 2.39 bits per heavy atom. The van der Waals surface area contributed by atoms with Crippen molar-refractivity contribution >= 4 is 17.8 Å². The Kier molecular flexibility index (Phi) is 7.25. The van der Waals surface area contributed by atoms with Crippen molar-refractivity contribution in [2.24, 2.45) is 5.92 Å². The summed E-state index contributed by atoms with van der Waals surface area (Å²) in [5, 5.41) is 11.7. The summed E-state index contributed by atoms with van der Waals surface area (Å²) in [6.45, 7) is 3.61. The first-order chi connectivity index (χ1) is 14.9. The third-order valence-corrected chi connectivity index (χ3v) is 5.52. The van der Waals surface area contributed by atoms with Gasteiger partial charge in [-0.25, -0.2) is 15.2 Å². The maximum atomic E-state index is 12.8. The average Bonchev–Trinajstić information content (AvgIpc) is 3.07. The first-order valence-corrected chi connectivity index (χ1v) is 10.3. The number of nitrogens with zero attached hydrogens (tertiary/aromatic N) is 1. The summed E-state index contributed by atoms with van der Waals surface area (Å²) in [6.07, 6.45) is 1.53. The monoisotopic (exact) mass is 425 g/mol. The van der Waals surface area contributed by atoms with Gasteiger partial charge in [0.15, 0.2) is 0 Å². The standard InChI is InChI=1S/C23H27N3O5/c1-3-15(2)20(21(27)25-30)26-22(28)19(24-23(26)29)14-11-16-9-12-18(13-10-16)31-17-7-5-4-6-8-17/h4-10,12-13,15,19-20,30H,3,11,14H2,1-2H3,(H,24,29)(H,25,27). The zero-order valence-electron chi connectivity index (χ0n) is 17.6. The minimum absolute atomic E-state index is 0.294. The predicted molar refractivity (Wildman–Crippen MR) is 114 cm³/mol. The fourth-order valence-electron chi connectivity index (χ4n) is 3.59. The van der Waals surface area contributed by atoms with Gasteiger partial charge in [0.05, 0.1) is 0 Å². The normalized spacial score (nSPS) is 17.8. The number of hydroxylamine groups is 1. The van der Waals surface area contributed by atoms with Crippen LogP contribution in [0.4, 0.5) is 4.79 Å². The van der Waals surface area contributed by atoms with Gasteiger partial charge in [0.1, 0.15) is 23.6 Å². The van der Waals surface area contributed by atoms with E-state index in [1.807, 2.05) is 61.5 Å². The molecule has 8 heteroatoms. The van der Waals surface area contributed by atoms with Crippen molar-refractivity contribution in [3.8, 4) is 11.5 Å². The molecule has 0 aliphatic carbocycles. The van der Waals surface area contributed by atoms with Gasteiger partial charge in [-0.05, 0) is 48.6 Å². The van der Waals surface area contributed by atoms with Crippen LogP contribution in [0.3, 0.4) is 0 Å². The summed E-state index contributed by atoms with van der Waals surface area (Å²) < 4.78 is 5.77. The number of carbonyl (C=O) groups is 3. The lowest BCUT2D eigenvalue weighted by atomic mass is 9.96. The third kappa shape index (κ3) is 5.21. The maximum absolute atomic E-state index is 12.8. The van der Waals surface area contributed by atoms with Gasteiger partial charge in [-0.3, -0.25) is 14.8 Å². The summed E-state index contributed by atoms with van der Waals surface area (Å²) in [7, 11) is 0. The first kappa shape index (κ1) is 22.3. The summed E-state index contributed by atoms with van der Waals surface area (Å²) in [5.41, 5.74) is 2.56. The van der Waals surface area contributed by atoms with Crippen LogP contribution in [0.5, 0.6) is 11.5 Å². The van der Waals surface area contributed by atoms with Crippen LogP contribution in [0.1, 0.15) is 32.3 Å². The molecule has 31 heavy (non-hydrogen) atoms. The number of amides is 4. The number of para-hydroxylation sites is 1. The van der Waals surface area contributed by atoms with Crippen LogP contribution >= 0.6 is 0 Å². The molecule has 0 bridgehead atoms. The number of ether oxygens (including phenoxy) is 1. The molecule has 164 valence electrons. The van der Waals surface area contributed by atoms with Crippen LogP contribution in [0.2, 0.25) is 0 Å². The SMILES string of the molecule is CCC(C)C(C(=O)NO)N1C(=O)NC(CCc2ccc(Oc3ccccc3)cc2)C1=O. The summed E-state index contributed by atoms with van der Waals surface area (Å²) in [6, 6.07) is 14.6. The van der Waals surface area contributed by atoms with E-state index in [0.29, 0.717) is 25.0 Å². The van der Waals surface area contributed by atoms with Gasteiger partial charge >= 0.3 is 6.03 Å². The van der Waals surface area contributed by atoms with Gasteiger partial charge in [-0.2, -0.15) is 0 Å². The fraction of sp³-hybridized carbons (Fsp3) is 0.348. The van der Waals surface area contributed by atoms with Crippen LogP contribution in [0, 0.1) is 5.92 Å². The zero-order valence-corrected chi connectivity index (χ0v) is 17.6. The molecule has 1 aliphatic heterocycles. The highest BCUT2D eigenvalue weighted by molar-refractivity contribution is 6.07. The minimum Gasteiger partial charge on any atom is -0.457 e. The summed E-state index contributed by atoms with van der Waals surface area (Å²) >= 11 is 0. The Morgan fingerprint density at radius 1 is 1.13 bits per heavy atom. The van der Waals surface area contributed by atoms with Crippen molar-refractivity contribution in [1.82, 2.24) is 15.7 Å². The number of aryl methyl sites for hydroxylation is 1. The molecule has 4 amide bonds. The van der Waals surface area contributed by atoms with Gasteiger partial charge in [0.25, 0.3) is 11.8 Å². The smallest absolute Gasteiger partial charge is 0.325 e. The highest BCUT2D eigenvalue weighted by Crippen LogP contribution is 2.24. The topological polar surface area (TPSA) is 108 Å². The summed E-state index contributed by atoms with van der Waals surface area (Å²) in [5.74, 6) is -0.0663. The van der Waals surface area contributed by atoms with Crippen molar-refractivity contribution in [3.63, 3.8) is 0 Å². The van der Waals surface area contributed by atoms with Crippen molar-refractivity contribution in [2.45, 2.75) is 45.2 Å². The first-order valence-electron chi connectivity index (χ1n) is 10.3. The van der Waals surface area contributed by atoms with Crippen LogP contribution in [-0.4, -0.2) is 40.0 Å². The van der Waals surface area contributed by atoms with E-state index in [4.69, 9.17) is 9.94 Å². The van der Waals surface area contributed by atoms with E-state index in [2.05, 4.69) is 5.32 Å². The lowest BCUT2D eigenvalue weighted by Crippen LogP contribution is -2.52. The molecule has 1 heterocycles. The molecule has 2 aromatic carbocycles. The molecule has 0 radical (unpaired) electrons. The highest BCUT2D eigenvalue weighted by atomic mass is 16.5. The maximum Gasteiger partial charge on any atom is 0.325 e. The molecule has 0 saturated carbocycles. The number of benzene rings is 2. The van der Waals surface area contributed by atoms with E-state index in [1.54, 1.807) is 12.4 Å². The van der Waals surface area contributed by atoms with Crippen LogP contribution in [-0.2, 0) is 16.0 Å². The second-order valence-electron chi connectivity index (χ2n) is 7.61. The number of carbonyl (C=O) groups excluding carboxylic acids is 3. The number of rotatable bonds is 9. The van der Waals surface area contributed by atoms with E-state index in [-0.39, 0.29) is 5.92 Å². The van der Waals surface area contributed by atoms with E-state index < -0.39 is 29.9 Å². The Morgan fingerprint density at radius 2 is 1.77 bits per heavy atom. The summed E-state index contributed by atoms with van der Waals surface area (Å²) in [4.78, 5) is 38.3. The number of imide groups is 1.